The third kappa shape index (κ3) is 4.06. The zero-order valence-electron chi connectivity index (χ0n) is 12.3. The van der Waals surface area contributed by atoms with E-state index in [1.165, 1.54) is 18.2 Å². The molecule has 0 aliphatic carbocycles. The number of sulfonamides is 1. The molecule has 0 spiro atoms. The molecule has 9 heteroatoms. The summed E-state index contributed by atoms with van der Waals surface area (Å²) in [5.41, 5.74) is -1.19. The van der Waals surface area contributed by atoms with Crippen LogP contribution in [0, 0.1) is 12.7 Å². The average Bonchev–Trinajstić information content (AvgIpc) is 2.47. The van der Waals surface area contributed by atoms with E-state index in [1.807, 2.05) is 0 Å². The van der Waals surface area contributed by atoms with E-state index in [0.717, 1.165) is 12.1 Å². The predicted octanol–water partition coefficient (Wildman–Crippen LogP) is 4.28. The van der Waals surface area contributed by atoms with Crippen molar-refractivity contribution in [1.82, 2.24) is 4.72 Å². The second-order valence-electron chi connectivity index (χ2n) is 5.01. The molecule has 1 N–H and O–H groups in total. The third-order valence-electron chi connectivity index (χ3n) is 3.29. The molecule has 24 heavy (non-hydrogen) atoms. The summed E-state index contributed by atoms with van der Waals surface area (Å²) in [5, 5.41) is 0.225. The van der Waals surface area contributed by atoms with Gasteiger partial charge in [-0.25, -0.2) is 17.5 Å². The minimum atomic E-state index is -4.86. The van der Waals surface area contributed by atoms with Gasteiger partial charge in [-0.2, -0.15) is 13.2 Å². The van der Waals surface area contributed by atoms with E-state index in [1.54, 1.807) is 6.92 Å². The lowest BCUT2D eigenvalue weighted by molar-refractivity contribution is -0.140. The fourth-order valence-corrected chi connectivity index (χ4v) is 3.21. The Morgan fingerprint density at radius 1 is 1.17 bits per heavy atom. The van der Waals surface area contributed by atoms with Crippen LogP contribution in [0.25, 0.3) is 0 Å². The molecule has 2 rings (SSSR count). The molecule has 130 valence electrons. The summed E-state index contributed by atoms with van der Waals surface area (Å²) >= 11 is 5.86. The Morgan fingerprint density at radius 2 is 1.83 bits per heavy atom. The van der Waals surface area contributed by atoms with Gasteiger partial charge in [-0.15, -0.1) is 0 Å². The molecule has 2 aromatic carbocycles. The molecule has 0 saturated carbocycles. The highest BCUT2D eigenvalue weighted by atomic mass is 35.5. The second kappa shape index (κ2) is 6.70. The Kier molecular flexibility index (Phi) is 5.22. The molecular formula is C15H12ClF4NO2S. The molecule has 0 radical (unpaired) electrons. The number of aryl methyl sites for hydroxylation is 1. The molecule has 0 heterocycles. The zero-order valence-corrected chi connectivity index (χ0v) is 13.9. The molecule has 0 amide bonds. The summed E-state index contributed by atoms with van der Waals surface area (Å²) in [6.45, 7) is 1.06. The van der Waals surface area contributed by atoms with Gasteiger partial charge >= 0.3 is 6.18 Å². The van der Waals surface area contributed by atoms with Gasteiger partial charge in [0.05, 0.1) is 10.5 Å². The third-order valence-corrected chi connectivity index (χ3v) is 5.10. The monoisotopic (exact) mass is 381 g/mol. The van der Waals surface area contributed by atoms with Crippen molar-refractivity contribution in [3.05, 3.63) is 63.9 Å². The number of benzene rings is 2. The standard InChI is InChI=1S/C15H12ClF4NO2S/c1-9-5-6-11(7-13(9)16)24(22,23)21-8-10-3-2-4-12(14(10)17)15(18,19)20/h2-7,21H,8H2,1H3. The normalized spacial score (nSPS) is 12.4. The van der Waals surface area contributed by atoms with Gasteiger partial charge < -0.3 is 0 Å². The number of halogens is 5. The molecule has 0 aromatic heterocycles. The summed E-state index contributed by atoms with van der Waals surface area (Å²) < 4.78 is 78.2. The predicted molar refractivity (Wildman–Crippen MR) is 81.6 cm³/mol. The van der Waals surface area contributed by atoms with Crippen molar-refractivity contribution in [3.63, 3.8) is 0 Å². The van der Waals surface area contributed by atoms with Crippen molar-refractivity contribution in [3.8, 4) is 0 Å². The summed E-state index contributed by atoms with van der Waals surface area (Å²) in [7, 11) is -4.05. The Balaban J connectivity index is 2.26. The topological polar surface area (TPSA) is 46.2 Å². The summed E-state index contributed by atoms with van der Waals surface area (Å²) in [6.07, 6.45) is -4.86. The first kappa shape index (κ1) is 18.7. The van der Waals surface area contributed by atoms with Crippen molar-refractivity contribution in [2.45, 2.75) is 24.5 Å². The number of nitrogens with one attached hydrogen (secondary N) is 1. The van der Waals surface area contributed by atoms with Crippen LogP contribution in [0.4, 0.5) is 17.6 Å². The summed E-state index contributed by atoms with van der Waals surface area (Å²) in [5.74, 6) is -1.50. The van der Waals surface area contributed by atoms with Crippen LogP contribution in [0.1, 0.15) is 16.7 Å². The SMILES string of the molecule is Cc1ccc(S(=O)(=O)NCc2cccc(C(F)(F)F)c2F)cc1Cl. The van der Waals surface area contributed by atoms with E-state index < -0.39 is 39.7 Å². The first-order chi connectivity index (χ1) is 11.0. The zero-order chi connectivity index (χ0) is 18.1. The second-order valence-corrected chi connectivity index (χ2v) is 7.19. The molecule has 0 aliphatic rings. The van der Waals surface area contributed by atoms with Crippen molar-refractivity contribution >= 4 is 21.6 Å². The van der Waals surface area contributed by atoms with Gasteiger partial charge in [-0.3, -0.25) is 0 Å². The number of rotatable bonds is 4. The highest BCUT2D eigenvalue weighted by molar-refractivity contribution is 7.89. The van der Waals surface area contributed by atoms with Crippen LogP contribution in [-0.4, -0.2) is 8.42 Å². The van der Waals surface area contributed by atoms with E-state index in [4.69, 9.17) is 11.6 Å². The lowest BCUT2D eigenvalue weighted by Crippen LogP contribution is -2.24. The highest BCUT2D eigenvalue weighted by Gasteiger charge is 2.34. The van der Waals surface area contributed by atoms with Gasteiger partial charge in [0.2, 0.25) is 10.0 Å². The Hall–Kier alpha value is -1.64. The van der Waals surface area contributed by atoms with Crippen molar-refractivity contribution in [1.29, 1.82) is 0 Å². The molecule has 0 fully saturated rings. The largest absolute Gasteiger partial charge is 0.419 e. The molecular weight excluding hydrogens is 370 g/mol. The maximum absolute atomic E-state index is 13.9. The van der Waals surface area contributed by atoms with Gasteiger partial charge in [0.15, 0.2) is 0 Å². The molecule has 0 bridgehead atoms. The lowest BCUT2D eigenvalue weighted by Gasteiger charge is -2.12. The van der Waals surface area contributed by atoms with E-state index >= 15 is 0 Å². The lowest BCUT2D eigenvalue weighted by atomic mass is 10.1. The van der Waals surface area contributed by atoms with Gasteiger partial charge in [0, 0.05) is 17.1 Å². The van der Waals surface area contributed by atoms with Gasteiger partial charge in [-0.05, 0) is 30.7 Å². The molecule has 2 aromatic rings. The summed E-state index contributed by atoms with van der Waals surface area (Å²) in [6, 6.07) is 6.68. The van der Waals surface area contributed by atoms with Crippen LogP contribution in [0.3, 0.4) is 0 Å². The quantitative estimate of drug-likeness (QED) is 0.803. The van der Waals surface area contributed by atoms with E-state index in [-0.39, 0.29) is 9.92 Å². The van der Waals surface area contributed by atoms with Gasteiger partial charge in [0.25, 0.3) is 0 Å². The Labute approximate surface area is 141 Å². The van der Waals surface area contributed by atoms with E-state index in [9.17, 15) is 26.0 Å². The highest BCUT2D eigenvalue weighted by Crippen LogP contribution is 2.32. The number of hydrogen-bond acceptors (Lipinski definition) is 2. The first-order valence-electron chi connectivity index (χ1n) is 6.63. The minimum absolute atomic E-state index is 0.162. The van der Waals surface area contributed by atoms with Gasteiger partial charge in [-0.1, -0.05) is 29.8 Å². The maximum Gasteiger partial charge on any atom is 0.419 e. The van der Waals surface area contributed by atoms with Gasteiger partial charge in [0.1, 0.15) is 5.82 Å². The number of hydrogen-bond donors (Lipinski definition) is 1. The fraction of sp³-hybridized carbons (Fsp3) is 0.200. The first-order valence-corrected chi connectivity index (χ1v) is 8.49. The maximum atomic E-state index is 13.9. The van der Waals surface area contributed by atoms with Crippen molar-refractivity contribution < 1.29 is 26.0 Å². The molecule has 0 aliphatic heterocycles. The van der Waals surface area contributed by atoms with Crippen molar-refractivity contribution in [2.24, 2.45) is 0 Å². The van der Waals surface area contributed by atoms with E-state index in [2.05, 4.69) is 4.72 Å². The van der Waals surface area contributed by atoms with Crippen LogP contribution >= 0.6 is 11.6 Å². The van der Waals surface area contributed by atoms with Crippen LogP contribution < -0.4 is 4.72 Å². The number of alkyl halides is 3. The average molecular weight is 382 g/mol. The van der Waals surface area contributed by atoms with Crippen molar-refractivity contribution in [2.75, 3.05) is 0 Å². The smallest absolute Gasteiger partial charge is 0.207 e. The van der Waals surface area contributed by atoms with Crippen LogP contribution in [0.2, 0.25) is 5.02 Å². The van der Waals surface area contributed by atoms with Crippen LogP contribution in [0.5, 0.6) is 0 Å². The fourth-order valence-electron chi connectivity index (χ4n) is 1.93. The molecule has 0 atom stereocenters. The summed E-state index contributed by atoms with van der Waals surface area (Å²) in [4.78, 5) is -0.162. The Bertz CT molecular complexity index is 866. The molecule has 0 saturated heterocycles. The molecule has 0 unspecified atom stereocenters. The molecule has 3 nitrogen and oxygen atoms in total. The minimum Gasteiger partial charge on any atom is -0.207 e. The van der Waals surface area contributed by atoms with Crippen LogP contribution in [0.15, 0.2) is 41.3 Å². The van der Waals surface area contributed by atoms with Crippen LogP contribution in [-0.2, 0) is 22.7 Å². The Morgan fingerprint density at radius 3 is 2.42 bits per heavy atom. The van der Waals surface area contributed by atoms with E-state index in [0.29, 0.717) is 11.6 Å².